The summed E-state index contributed by atoms with van der Waals surface area (Å²) in [5.74, 6) is 2.94. The maximum Gasteiger partial charge on any atom is 0.226 e. The molecule has 1 aliphatic heterocycles. The van der Waals surface area contributed by atoms with E-state index in [9.17, 15) is 4.79 Å². The number of aromatic nitrogens is 1. The predicted molar refractivity (Wildman–Crippen MR) is 109 cm³/mol. The summed E-state index contributed by atoms with van der Waals surface area (Å²) < 4.78 is 0. The predicted octanol–water partition coefficient (Wildman–Crippen LogP) is 3.66. The Labute approximate surface area is 167 Å². The molecule has 4 nitrogen and oxygen atoms in total. The number of hydrogen-bond donors (Lipinski definition) is 1. The lowest BCUT2D eigenvalue weighted by Crippen LogP contribution is -2.53. The van der Waals surface area contributed by atoms with Crippen LogP contribution >= 0.6 is 11.3 Å². The van der Waals surface area contributed by atoms with Gasteiger partial charge in [0.25, 0.3) is 0 Å². The number of fused-ring (bicyclic) bond motifs is 1. The van der Waals surface area contributed by atoms with Gasteiger partial charge < -0.3 is 10.2 Å². The average molecular weight is 388 g/mol. The van der Waals surface area contributed by atoms with Crippen LogP contribution in [0.3, 0.4) is 0 Å². The molecule has 27 heavy (non-hydrogen) atoms. The number of rotatable bonds is 6. The molecule has 4 saturated carbocycles. The summed E-state index contributed by atoms with van der Waals surface area (Å²) in [5.41, 5.74) is 3.34. The summed E-state index contributed by atoms with van der Waals surface area (Å²) in [6.45, 7) is 4.32. The highest BCUT2D eigenvalue weighted by Crippen LogP contribution is 2.60. The molecule has 0 unspecified atom stereocenters. The van der Waals surface area contributed by atoms with Crippen LogP contribution in [0.1, 0.15) is 61.9 Å². The minimum atomic E-state index is 0.0178. The Morgan fingerprint density at radius 2 is 1.81 bits per heavy atom. The fourth-order valence-corrected chi connectivity index (χ4v) is 7.61. The monoisotopic (exact) mass is 387 g/mol. The number of nitrogens with zero attached hydrogens (tertiary/aromatic N) is 2. The first-order valence-electron chi connectivity index (χ1n) is 11.1. The lowest BCUT2D eigenvalue weighted by molar-refractivity contribution is -0.146. The topological polar surface area (TPSA) is 45.2 Å². The van der Waals surface area contributed by atoms with E-state index in [0.717, 1.165) is 63.2 Å². The van der Waals surface area contributed by atoms with Crippen LogP contribution in [0.2, 0.25) is 0 Å². The molecule has 148 valence electrons. The summed E-state index contributed by atoms with van der Waals surface area (Å²) >= 11 is 1.81. The van der Waals surface area contributed by atoms with E-state index in [0.29, 0.717) is 5.91 Å². The van der Waals surface area contributed by atoms with E-state index in [-0.39, 0.29) is 5.41 Å². The second-order valence-corrected chi connectivity index (χ2v) is 10.7. The zero-order valence-corrected chi connectivity index (χ0v) is 17.2. The highest BCUT2D eigenvalue weighted by molar-refractivity contribution is 7.09. The molecule has 0 atom stereocenters. The lowest BCUT2D eigenvalue weighted by Gasteiger charge is -2.55. The number of hydrogen-bond acceptors (Lipinski definition) is 4. The number of unbranched alkanes of at least 4 members (excludes halogenated alkanes) is 1. The Morgan fingerprint density at radius 1 is 1.11 bits per heavy atom. The first kappa shape index (κ1) is 18.1. The van der Waals surface area contributed by atoms with Gasteiger partial charge in [-0.15, -0.1) is 11.3 Å². The largest absolute Gasteiger partial charge is 0.356 e. The van der Waals surface area contributed by atoms with Crippen LogP contribution in [0.4, 0.5) is 0 Å². The van der Waals surface area contributed by atoms with Gasteiger partial charge in [0.05, 0.1) is 11.2 Å². The van der Waals surface area contributed by atoms with Crippen LogP contribution < -0.4 is 5.32 Å². The molecule has 4 fully saturated rings. The Hall–Kier alpha value is -0.940. The molecule has 4 aliphatic carbocycles. The Morgan fingerprint density at radius 3 is 2.56 bits per heavy atom. The Bertz CT molecular complexity index is 627. The van der Waals surface area contributed by atoms with E-state index < -0.39 is 0 Å². The van der Waals surface area contributed by atoms with Gasteiger partial charge in [-0.25, -0.2) is 4.98 Å². The standard InChI is InChI=1S/C22H33N3OS/c26-21(22-12-16-9-17(13-22)11-18(10-16)14-22)23-5-1-2-6-25-7-3-19-20(4-8-25)27-15-24-19/h15-18H,1-14H2,(H,23,26). The molecule has 5 heteroatoms. The van der Waals surface area contributed by atoms with Crippen molar-refractivity contribution in [1.82, 2.24) is 15.2 Å². The van der Waals surface area contributed by atoms with Crippen molar-refractivity contribution in [2.24, 2.45) is 23.2 Å². The minimum Gasteiger partial charge on any atom is -0.356 e. The molecule has 4 bridgehead atoms. The van der Waals surface area contributed by atoms with E-state index >= 15 is 0 Å². The second kappa shape index (κ2) is 7.47. The zero-order chi connectivity index (χ0) is 18.3. The molecular weight excluding hydrogens is 354 g/mol. The van der Waals surface area contributed by atoms with Crippen molar-refractivity contribution in [3.05, 3.63) is 16.1 Å². The number of nitrogens with one attached hydrogen (secondary N) is 1. The molecule has 5 aliphatic rings. The SMILES string of the molecule is O=C(NCCCCN1CCc2ncsc2CC1)C12CC3CC(CC(C3)C1)C2. The summed E-state index contributed by atoms with van der Waals surface area (Å²) in [7, 11) is 0. The van der Waals surface area contributed by atoms with Gasteiger partial charge in [0.1, 0.15) is 0 Å². The van der Waals surface area contributed by atoms with Crippen molar-refractivity contribution in [1.29, 1.82) is 0 Å². The van der Waals surface area contributed by atoms with Gasteiger partial charge in [-0.1, -0.05) is 0 Å². The molecule has 0 radical (unpaired) electrons. The highest BCUT2D eigenvalue weighted by Gasteiger charge is 2.54. The van der Waals surface area contributed by atoms with Crippen LogP contribution in [-0.2, 0) is 17.6 Å². The normalized spacial score (nSPS) is 35.0. The summed E-state index contributed by atoms with van der Waals surface area (Å²) in [6, 6.07) is 0. The number of thiazole rings is 1. The van der Waals surface area contributed by atoms with Crippen molar-refractivity contribution in [3.8, 4) is 0 Å². The quantitative estimate of drug-likeness (QED) is 0.758. The molecule has 0 spiro atoms. The number of carbonyl (C=O) groups excluding carboxylic acids is 1. The summed E-state index contributed by atoms with van der Waals surface area (Å²) in [4.78, 5) is 21.5. The highest BCUT2D eigenvalue weighted by atomic mass is 32.1. The van der Waals surface area contributed by atoms with E-state index in [1.807, 2.05) is 16.8 Å². The smallest absolute Gasteiger partial charge is 0.226 e. The van der Waals surface area contributed by atoms with Crippen LogP contribution in [0, 0.1) is 23.2 Å². The Balaban J connectivity index is 1.03. The van der Waals surface area contributed by atoms with E-state index in [2.05, 4.69) is 15.2 Å². The third-order valence-electron chi connectivity index (χ3n) is 7.75. The fourth-order valence-electron chi connectivity index (χ4n) is 6.80. The van der Waals surface area contributed by atoms with E-state index in [4.69, 9.17) is 0 Å². The number of carbonyl (C=O) groups is 1. The van der Waals surface area contributed by atoms with Gasteiger partial charge in [-0.05, 0) is 82.1 Å². The molecule has 0 aromatic carbocycles. The Kier molecular flexibility index (Phi) is 5.01. The molecule has 1 N–H and O–H groups in total. The molecular formula is C22H33N3OS. The molecule has 2 heterocycles. The van der Waals surface area contributed by atoms with Gasteiger partial charge in [0.2, 0.25) is 5.91 Å². The maximum absolute atomic E-state index is 13.0. The van der Waals surface area contributed by atoms with Crippen molar-refractivity contribution in [2.75, 3.05) is 26.2 Å². The zero-order valence-electron chi connectivity index (χ0n) is 16.4. The van der Waals surface area contributed by atoms with Gasteiger partial charge in [-0.3, -0.25) is 4.79 Å². The third-order valence-corrected chi connectivity index (χ3v) is 8.69. The fraction of sp³-hybridized carbons (Fsp3) is 0.818. The van der Waals surface area contributed by atoms with Crippen LogP contribution in [0.15, 0.2) is 5.51 Å². The average Bonchev–Trinajstić information content (AvgIpc) is 3.01. The number of amides is 1. The van der Waals surface area contributed by atoms with Crippen LogP contribution in [0.25, 0.3) is 0 Å². The molecule has 1 aromatic heterocycles. The van der Waals surface area contributed by atoms with Crippen molar-refractivity contribution in [2.45, 2.75) is 64.2 Å². The van der Waals surface area contributed by atoms with E-state index in [1.54, 1.807) is 0 Å². The molecule has 0 saturated heterocycles. The van der Waals surface area contributed by atoms with Gasteiger partial charge >= 0.3 is 0 Å². The first-order valence-corrected chi connectivity index (χ1v) is 12.0. The van der Waals surface area contributed by atoms with Crippen LogP contribution in [0.5, 0.6) is 0 Å². The molecule has 1 aromatic rings. The van der Waals surface area contributed by atoms with E-state index in [1.165, 1.54) is 55.5 Å². The summed E-state index contributed by atoms with van der Waals surface area (Å²) in [5, 5.41) is 3.33. The minimum absolute atomic E-state index is 0.0178. The van der Waals surface area contributed by atoms with Gasteiger partial charge in [-0.2, -0.15) is 0 Å². The summed E-state index contributed by atoms with van der Waals surface area (Å²) in [6.07, 6.45) is 12.3. The van der Waals surface area contributed by atoms with Gasteiger partial charge in [0.15, 0.2) is 0 Å². The van der Waals surface area contributed by atoms with Crippen molar-refractivity contribution >= 4 is 17.2 Å². The lowest BCUT2D eigenvalue weighted by atomic mass is 9.49. The van der Waals surface area contributed by atoms with Crippen molar-refractivity contribution < 1.29 is 4.79 Å². The molecule has 1 amide bonds. The second-order valence-electron chi connectivity index (χ2n) is 9.72. The third kappa shape index (κ3) is 3.69. The van der Waals surface area contributed by atoms with Gasteiger partial charge in [0, 0.05) is 36.3 Å². The molecule has 6 rings (SSSR count). The first-order chi connectivity index (χ1) is 13.2. The maximum atomic E-state index is 13.0. The van der Waals surface area contributed by atoms with Crippen molar-refractivity contribution in [3.63, 3.8) is 0 Å². The van der Waals surface area contributed by atoms with Crippen LogP contribution in [-0.4, -0.2) is 42.0 Å².